The Balaban J connectivity index is 1.83. The molecule has 0 saturated heterocycles. The summed E-state index contributed by atoms with van der Waals surface area (Å²) in [6.07, 6.45) is 0.658. The summed E-state index contributed by atoms with van der Waals surface area (Å²) in [5.41, 5.74) is 7.24. The van der Waals surface area contributed by atoms with Crippen LogP contribution in [0.15, 0.2) is 58.0 Å². The maximum Gasteiger partial charge on any atom is 0.218 e. The second-order valence-electron chi connectivity index (χ2n) is 6.11. The van der Waals surface area contributed by atoms with Crippen LogP contribution >= 0.6 is 15.9 Å². The molecule has 2 unspecified atom stereocenters. The third-order valence-corrected chi connectivity index (χ3v) is 5.00. The van der Waals surface area contributed by atoms with Crippen molar-refractivity contribution in [1.82, 2.24) is 5.06 Å². The third-order valence-electron chi connectivity index (χ3n) is 4.50. The molecular formula is C18H18BrN3O2. The van der Waals surface area contributed by atoms with Crippen LogP contribution in [0.5, 0.6) is 5.75 Å². The normalized spacial score (nSPS) is 25.8. The molecule has 0 bridgehead atoms. The highest BCUT2D eigenvalue weighted by molar-refractivity contribution is 9.10. The average Bonchev–Trinajstić information content (AvgIpc) is 2.78. The summed E-state index contributed by atoms with van der Waals surface area (Å²) in [7, 11) is 1.77. The molecule has 2 aromatic rings. The molecule has 0 saturated carbocycles. The number of hydroxylamine groups is 2. The van der Waals surface area contributed by atoms with Crippen LogP contribution in [0.2, 0.25) is 0 Å². The van der Waals surface area contributed by atoms with Crippen LogP contribution in [-0.2, 0) is 10.6 Å². The molecule has 2 heterocycles. The first-order valence-electron chi connectivity index (χ1n) is 7.83. The van der Waals surface area contributed by atoms with Crippen LogP contribution in [0, 0.1) is 0 Å². The van der Waals surface area contributed by atoms with Crippen LogP contribution in [0.1, 0.15) is 23.5 Å². The summed E-state index contributed by atoms with van der Waals surface area (Å²) in [4.78, 5) is 10.8. The Bertz CT molecular complexity index is 796. The van der Waals surface area contributed by atoms with Crippen molar-refractivity contribution >= 4 is 21.9 Å². The van der Waals surface area contributed by atoms with Gasteiger partial charge < -0.3 is 10.5 Å². The van der Waals surface area contributed by atoms with Gasteiger partial charge in [-0.15, -0.1) is 0 Å². The molecule has 6 heteroatoms. The number of guanidine groups is 1. The zero-order valence-corrected chi connectivity index (χ0v) is 14.9. The van der Waals surface area contributed by atoms with Gasteiger partial charge in [0.15, 0.2) is 0 Å². The average molecular weight is 388 g/mol. The molecule has 2 N–H and O–H groups in total. The molecule has 2 aliphatic heterocycles. The van der Waals surface area contributed by atoms with Crippen LogP contribution in [-0.4, -0.2) is 24.7 Å². The number of rotatable bonds is 1. The molecule has 1 spiro atoms. The van der Waals surface area contributed by atoms with Gasteiger partial charge in [-0.2, -0.15) is 0 Å². The Morgan fingerprint density at radius 3 is 2.75 bits per heavy atom. The lowest BCUT2D eigenvalue weighted by Crippen LogP contribution is -2.32. The number of ether oxygens (including phenoxy) is 1. The highest BCUT2D eigenvalue weighted by atomic mass is 79.9. The lowest BCUT2D eigenvalue weighted by Gasteiger charge is -2.28. The fourth-order valence-electron chi connectivity index (χ4n) is 3.31. The second-order valence-corrected chi connectivity index (χ2v) is 7.02. The third kappa shape index (κ3) is 2.56. The largest absolute Gasteiger partial charge is 0.492 e. The van der Waals surface area contributed by atoms with E-state index in [4.69, 9.17) is 15.3 Å². The van der Waals surface area contributed by atoms with E-state index in [0.29, 0.717) is 19.0 Å². The van der Waals surface area contributed by atoms with E-state index in [-0.39, 0.29) is 5.92 Å². The lowest BCUT2D eigenvalue weighted by molar-refractivity contribution is -0.177. The van der Waals surface area contributed by atoms with Crippen LogP contribution in [0.4, 0.5) is 0 Å². The Kier molecular flexibility index (Phi) is 3.73. The van der Waals surface area contributed by atoms with Crippen LogP contribution in [0.25, 0.3) is 0 Å². The van der Waals surface area contributed by atoms with E-state index in [1.54, 1.807) is 7.05 Å². The molecule has 0 radical (unpaired) electrons. The van der Waals surface area contributed by atoms with Gasteiger partial charge in [0, 0.05) is 23.9 Å². The number of hydrogen-bond acceptors (Lipinski definition) is 5. The Hall–Kier alpha value is -2.05. The highest BCUT2D eigenvalue weighted by Gasteiger charge is 2.47. The zero-order chi connectivity index (χ0) is 16.7. The predicted molar refractivity (Wildman–Crippen MR) is 95.6 cm³/mol. The van der Waals surface area contributed by atoms with E-state index in [9.17, 15) is 0 Å². The van der Waals surface area contributed by atoms with E-state index < -0.39 is 5.72 Å². The number of benzene rings is 2. The Morgan fingerprint density at radius 2 is 2.04 bits per heavy atom. The van der Waals surface area contributed by atoms with Gasteiger partial charge >= 0.3 is 0 Å². The first-order chi connectivity index (χ1) is 11.6. The van der Waals surface area contributed by atoms with Gasteiger partial charge in [-0.05, 0) is 23.8 Å². The van der Waals surface area contributed by atoms with Gasteiger partial charge in [-0.1, -0.05) is 46.3 Å². The van der Waals surface area contributed by atoms with Crippen molar-refractivity contribution in [2.45, 2.75) is 18.1 Å². The van der Waals surface area contributed by atoms with Crippen molar-refractivity contribution in [3.63, 3.8) is 0 Å². The molecule has 5 nitrogen and oxygen atoms in total. The fraction of sp³-hybridized carbons (Fsp3) is 0.278. The molecule has 0 aliphatic carbocycles. The minimum absolute atomic E-state index is 0.153. The van der Waals surface area contributed by atoms with Crippen molar-refractivity contribution in [2.24, 2.45) is 10.7 Å². The van der Waals surface area contributed by atoms with E-state index in [2.05, 4.69) is 33.1 Å². The number of fused-ring (bicyclic) bond motifs is 2. The number of aliphatic imine (C=N–C) groups is 1. The number of halogens is 1. The van der Waals surface area contributed by atoms with Crippen molar-refractivity contribution < 1.29 is 9.57 Å². The van der Waals surface area contributed by atoms with Gasteiger partial charge in [0.25, 0.3) is 0 Å². The molecule has 0 amide bonds. The van der Waals surface area contributed by atoms with E-state index in [0.717, 1.165) is 15.8 Å². The smallest absolute Gasteiger partial charge is 0.218 e. The summed E-state index contributed by atoms with van der Waals surface area (Å²) < 4.78 is 7.05. The fourth-order valence-corrected chi connectivity index (χ4v) is 3.67. The van der Waals surface area contributed by atoms with Crippen molar-refractivity contribution in [3.8, 4) is 5.75 Å². The highest BCUT2D eigenvalue weighted by Crippen LogP contribution is 2.47. The van der Waals surface area contributed by atoms with Gasteiger partial charge in [0.1, 0.15) is 5.75 Å². The minimum Gasteiger partial charge on any atom is -0.492 e. The summed E-state index contributed by atoms with van der Waals surface area (Å²) >= 11 is 3.53. The molecule has 4 rings (SSSR count). The molecule has 0 aromatic heterocycles. The summed E-state index contributed by atoms with van der Waals surface area (Å²) in [6.45, 7) is 0.572. The SMILES string of the molecule is CN1OC2(CC(c3ccccc3)COc3ccc(Br)cc32)N=C1N. The maximum atomic E-state index is 6.12. The van der Waals surface area contributed by atoms with Gasteiger partial charge in [-0.25, -0.2) is 14.9 Å². The monoisotopic (exact) mass is 387 g/mol. The van der Waals surface area contributed by atoms with Crippen molar-refractivity contribution in [1.29, 1.82) is 0 Å². The molecule has 2 aromatic carbocycles. The molecular weight excluding hydrogens is 370 g/mol. The lowest BCUT2D eigenvalue weighted by atomic mass is 9.88. The summed E-state index contributed by atoms with van der Waals surface area (Å²) in [5, 5.41) is 1.53. The molecule has 0 fully saturated rings. The summed E-state index contributed by atoms with van der Waals surface area (Å²) in [5.74, 6) is 1.30. The molecule has 24 heavy (non-hydrogen) atoms. The number of nitrogens with zero attached hydrogens (tertiary/aromatic N) is 2. The topological polar surface area (TPSA) is 60.1 Å². The Labute approximate surface area is 149 Å². The van der Waals surface area contributed by atoms with Crippen LogP contribution < -0.4 is 10.5 Å². The maximum absolute atomic E-state index is 6.12. The second kappa shape index (κ2) is 5.79. The van der Waals surface area contributed by atoms with Crippen molar-refractivity contribution in [3.05, 3.63) is 64.1 Å². The molecule has 2 atom stereocenters. The van der Waals surface area contributed by atoms with Gasteiger partial charge in [-0.3, -0.25) is 0 Å². The Morgan fingerprint density at radius 1 is 1.25 bits per heavy atom. The molecule has 2 aliphatic rings. The van der Waals surface area contributed by atoms with Gasteiger partial charge in [0.05, 0.1) is 12.2 Å². The predicted octanol–water partition coefficient (Wildman–Crippen LogP) is 3.36. The van der Waals surface area contributed by atoms with E-state index in [1.807, 2.05) is 36.4 Å². The van der Waals surface area contributed by atoms with E-state index in [1.165, 1.54) is 10.6 Å². The standard InChI is InChI=1S/C18H18BrN3O2/c1-22-17(20)21-18(24-22)10-13(12-5-3-2-4-6-12)11-23-16-8-7-14(19)9-15(16)18/h2-9,13H,10-11H2,1H3,(H2,20,21). The van der Waals surface area contributed by atoms with Crippen molar-refractivity contribution in [2.75, 3.05) is 13.7 Å². The van der Waals surface area contributed by atoms with Crippen LogP contribution in [0.3, 0.4) is 0 Å². The minimum atomic E-state index is -0.866. The molecule has 124 valence electrons. The van der Waals surface area contributed by atoms with E-state index >= 15 is 0 Å². The number of hydrogen-bond donors (Lipinski definition) is 1. The first-order valence-corrected chi connectivity index (χ1v) is 8.63. The summed E-state index contributed by atoms with van der Waals surface area (Å²) in [6, 6.07) is 16.2. The zero-order valence-electron chi connectivity index (χ0n) is 13.3. The van der Waals surface area contributed by atoms with Gasteiger partial charge in [0.2, 0.25) is 11.7 Å². The first kappa shape index (κ1) is 15.5. The quantitative estimate of drug-likeness (QED) is 0.814. The number of nitrogens with two attached hydrogens (primary N) is 1.